The van der Waals surface area contributed by atoms with Crippen LogP contribution in [0.4, 0.5) is 0 Å². The maximum absolute atomic E-state index is 3.66. The van der Waals surface area contributed by atoms with E-state index in [9.17, 15) is 0 Å². The van der Waals surface area contributed by atoms with Crippen molar-refractivity contribution in [1.29, 1.82) is 0 Å². The Kier molecular flexibility index (Phi) is 1.88. The van der Waals surface area contributed by atoms with E-state index in [-0.39, 0.29) is 0 Å². The maximum atomic E-state index is 3.66. The summed E-state index contributed by atoms with van der Waals surface area (Å²) in [6, 6.07) is 0. The number of hydrogen-bond acceptors (Lipinski definition) is 2. The summed E-state index contributed by atoms with van der Waals surface area (Å²) < 4.78 is 0. The molecule has 0 amide bonds. The molecule has 1 heterocycles. The van der Waals surface area contributed by atoms with Gasteiger partial charge in [-0.1, -0.05) is 33.7 Å². The smallest absolute Gasteiger partial charge is 0.0520 e. The molecule has 0 saturated heterocycles. The van der Waals surface area contributed by atoms with Crippen LogP contribution in [-0.4, -0.2) is 5.25 Å². The zero-order valence-electron chi connectivity index (χ0n) is 3.83. The second-order valence-electron chi connectivity index (χ2n) is 1.22. The second kappa shape index (κ2) is 2.48. The predicted molar refractivity (Wildman–Crippen MR) is 38.3 cm³/mol. The molecular weight excluding hydrogens is 124 g/mol. The fraction of sp³-hybridized carbons (Fsp3) is 0.200. The summed E-state index contributed by atoms with van der Waals surface area (Å²) in [5, 5.41) is 2.65. The van der Waals surface area contributed by atoms with Crippen LogP contribution in [0.1, 0.15) is 0 Å². The number of rotatable bonds is 1. The van der Waals surface area contributed by atoms with Gasteiger partial charge in [-0.25, -0.2) is 0 Å². The first kappa shape index (κ1) is 5.32. The lowest BCUT2D eigenvalue weighted by molar-refractivity contribution is 1.46. The van der Waals surface area contributed by atoms with Crippen molar-refractivity contribution in [3.63, 3.8) is 0 Å². The molecule has 1 atom stereocenters. The average Bonchev–Trinajstić information content (AvgIpc) is 2.14. The first-order valence-electron chi connectivity index (χ1n) is 2.05. The molecule has 0 aromatic carbocycles. The summed E-state index contributed by atoms with van der Waals surface area (Å²) in [6.45, 7) is 3.66. The normalized spacial score (nSPS) is 28.3. The topological polar surface area (TPSA) is 0 Å². The van der Waals surface area contributed by atoms with Gasteiger partial charge in [-0.3, -0.25) is 0 Å². The average molecular weight is 130 g/mol. The van der Waals surface area contributed by atoms with Crippen molar-refractivity contribution in [1.82, 2.24) is 0 Å². The first-order chi connectivity index (χ1) is 3.43. The van der Waals surface area contributed by atoms with E-state index < -0.39 is 0 Å². The molecule has 0 nitrogen and oxygen atoms in total. The molecule has 0 radical (unpaired) electrons. The van der Waals surface area contributed by atoms with Crippen LogP contribution in [0.5, 0.6) is 0 Å². The Labute approximate surface area is 51.5 Å². The van der Waals surface area contributed by atoms with Crippen molar-refractivity contribution in [3.8, 4) is 0 Å². The molecule has 7 heavy (non-hydrogen) atoms. The van der Waals surface area contributed by atoms with E-state index in [1.165, 1.54) is 0 Å². The Morgan fingerprint density at radius 1 is 1.71 bits per heavy atom. The Morgan fingerprint density at radius 3 is 2.86 bits per heavy atom. The maximum Gasteiger partial charge on any atom is 0.0520 e. The largest absolute Gasteiger partial charge is 0.102 e. The molecular formula is C5H6S2. The van der Waals surface area contributed by atoms with Crippen molar-refractivity contribution in [3.05, 3.63) is 24.1 Å². The van der Waals surface area contributed by atoms with Gasteiger partial charge in [0.15, 0.2) is 0 Å². The van der Waals surface area contributed by atoms with Gasteiger partial charge in [0, 0.05) is 0 Å². The molecule has 1 unspecified atom stereocenters. The summed E-state index contributed by atoms with van der Waals surface area (Å²) in [5.74, 6) is 0. The van der Waals surface area contributed by atoms with Crippen LogP contribution >= 0.6 is 21.6 Å². The lowest BCUT2D eigenvalue weighted by Gasteiger charge is -1.91. The minimum atomic E-state index is 0.560. The lowest BCUT2D eigenvalue weighted by atomic mass is 10.4. The van der Waals surface area contributed by atoms with E-state index in [1.807, 2.05) is 16.9 Å². The van der Waals surface area contributed by atoms with E-state index in [4.69, 9.17) is 0 Å². The van der Waals surface area contributed by atoms with Gasteiger partial charge in [-0.05, 0) is 5.41 Å². The zero-order chi connectivity index (χ0) is 5.11. The van der Waals surface area contributed by atoms with E-state index >= 15 is 0 Å². The predicted octanol–water partition coefficient (Wildman–Crippen LogP) is 2.45. The Balaban J connectivity index is 2.42. The van der Waals surface area contributed by atoms with E-state index in [0.29, 0.717) is 5.25 Å². The van der Waals surface area contributed by atoms with Crippen molar-refractivity contribution >= 4 is 21.6 Å². The highest BCUT2D eigenvalue weighted by Crippen LogP contribution is 2.35. The summed E-state index contributed by atoms with van der Waals surface area (Å²) in [6.07, 6.45) is 4.09. The summed E-state index contributed by atoms with van der Waals surface area (Å²) in [5.41, 5.74) is 0. The van der Waals surface area contributed by atoms with E-state index in [0.717, 1.165) is 0 Å². The molecule has 0 aromatic rings. The van der Waals surface area contributed by atoms with Crippen LogP contribution in [-0.2, 0) is 0 Å². The second-order valence-corrected chi connectivity index (χ2v) is 3.58. The van der Waals surface area contributed by atoms with Gasteiger partial charge < -0.3 is 0 Å². The van der Waals surface area contributed by atoms with Gasteiger partial charge in [0.25, 0.3) is 0 Å². The summed E-state index contributed by atoms with van der Waals surface area (Å²) in [7, 11) is 3.60. The van der Waals surface area contributed by atoms with Gasteiger partial charge >= 0.3 is 0 Å². The highest BCUT2D eigenvalue weighted by Gasteiger charge is 2.03. The molecule has 0 fully saturated rings. The minimum absolute atomic E-state index is 0.560. The van der Waals surface area contributed by atoms with Crippen LogP contribution in [0.2, 0.25) is 0 Å². The summed E-state index contributed by atoms with van der Waals surface area (Å²) >= 11 is 0. The molecule has 0 spiro atoms. The molecule has 0 bridgehead atoms. The van der Waals surface area contributed by atoms with Crippen molar-refractivity contribution in [2.45, 2.75) is 5.25 Å². The van der Waals surface area contributed by atoms with Crippen molar-refractivity contribution in [2.75, 3.05) is 0 Å². The molecule has 0 saturated carbocycles. The van der Waals surface area contributed by atoms with Crippen LogP contribution < -0.4 is 0 Å². The van der Waals surface area contributed by atoms with E-state index in [2.05, 4.69) is 18.1 Å². The molecule has 0 aliphatic carbocycles. The molecule has 2 heteroatoms. The monoisotopic (exact) mass is 130 g/mol. The lowest BCUT2D eigenvalue weighted by Crippen LogP contribution is -1.81. The Morgan fingerprint density at radius 2 is 2.57 bits per heavy atom. The fourth-order valence-electron chi connectivity index (χ4n) is 0.356. The quantitative estimate of drug-likeness (QED) is 0.395. The molecule has 1 aliphatic rings. The standard InChI is InChI=1S/C5H6S2/c1-2-5-3-4-6-7-5/h2-5H,1H2. The van der Waals surface area contributed by atoms with Crippen LogP contribution in [0, 0.1) is 0 Å². The van der Waals surface area contributed by atoms with Crippen LogP contribution in [0.25, 0.3) is 0 Å². The highest BCUT2D eigenvalue weighted by atomic mass is 33.1. The third-order valence-electron chi connectivity index (χ3n) is 0.723. The van der Waals surface area contributed by atoms with Crippen LogP contribution in [0.15, 0.2) is 24.1 Å². The molecule has 38 valence electrons. The summed E-state index contributed by atoms with van der Waals surface area (Å²) in [4.78, 5) is 0. The Hall–Kier alpha value is 0.180. The minimum Gasteiger partial charge on any atom is -0.102 e. The van der Waals surface area contributed by atoms with Crippen molar-refractivity contribution in [2.24, 2.45) is 0 Å². The fourth-order valence-corrected chi connectivity index (χ4v) is 2.30. The van der Waals surface area contributed by atoms with Gasteiger partial charge in [0.05, 0.1) is 5.25 Å². The molecule has 0 N–H and O–H groups in total. The zero-order valence-corrected chi connectivity index (χ0v) is 5.47. The van der Waals surface area contributed by atoms with Gasteiger partial charge in [-0.15, -0.1) is 6.58 Å². The third kappa shape index (κ3) is 1.28. The van der Waals surface area contributed by atoms with Gasteiger partial charge in [-0.2, -0.15) is 0 Å². The van der Waals surface area contributed by atoms with Crippen molar-refractivity contribution < 1.29 is 0 Å². The van der Waals surface area contributed by atoms with Gasteiger partial charge in [0.1, 0.15) is 0 Å². The first-order valence-corrected chi connectivity index (χ1v) is 4.32. The molecule has 1 rings (SSSR count). The third-order valence-corrected chi connectivity index (χ3v) is 3.01. The number of hydrogen-bond donors (Lipinski definition) is 0. The molecule has 0 aromatic heterocycles. The van der Waals surface area contributed by atoms with E-state index in [1.54, 1.807) is 10.8 Å². The SMILES string of the molecule is C=CC1C=CSS1. The van der Waals surface area contributed by atoms with Gasteiger partial charge in [0.2, 0.25) is 0 Å². The van der Waals surface area contributed by atoms with Crippen LogP contribution in [0.3, 0.4) is 0 Å². The Bertz CT molecular complexity index is 96.3. The highest BCUT2D eigenvalue weighted by molar-refractivity contribution is 8.78. The molecule has 1 aliphatic heterocycles.